The van der Waals surface area contributed by atoms with Crippen molar-refractivity contribution >= 4 is 27.5 Å². The van der Waals surface area contributed by atoms with Crippen molar-refractivity contribution in [3.8, 4) is 0 Å². The van der Waals surface area contributed by atoms with Gasteiger partial charge >= 0.3 is 12.3 Å². The maximum atomic E-state index is 11.8. The Labute approximate surface area is 113 Å². The second kappa shape index (κ2) is 5.99. The third-order valence-corrected chi connectivity index (χ3v) is 2.39. The summed E-state index contributed by atoms with van der Waals surface area (Å²) in [6.07, 6.45) is -4.97. The number of hydrogen-bond donors (Lipinski definition) is 2. The van der Waals surface area contributed by atoms with Crippen LogP contribution in [0, 0.1) is 0 Å². The Hall–Kier alpha value is -1.97. The molecular weight excluding hydrogens is 301 g/mol. The summed E-state index contributed by atoms with van der Waals surface area (Å²) < 4.78 is 63.6. The van der Waals surface area contributed by atoms with Crippen molar-refractivity contribution in [2.24, 2.45) is 0 Å². The van der Waals surface area contributed by atoms with Crippen molar-refractivity contribution in [1.82, 2.24) is 0 Å². The lowest BCUT2D eigenvalue weighted by molar-refractivity contribution is -0.159. The van der Waals surface area contributed by atoms with E-state index in [1.165, 1.54) is 24.3 Å². The monoisotopic (exact) mass is 312 g/mol. The minimum absolute atomic E-state index is 0.0887. The van der Waals surface area contributed by atoms with Crippen LogP contribution >= 0.6 is 0 Å². The van der Waals surface area contributed by atoms with Gasteiger partial charge in [-0.25, -0.2) is 13.2 Å². The summed E-state index contributed by atoms with van der Waals surface area (Å²) in [5.41, 5.74) is 0.243. The molecule has 0 aliphatic carbocycles. The van der Waals surface area contributed by atoms with Crippen LogP contribution in [0.3, 0.4) is 0 Å². The zero-order valence-corrected chi connectivity index (χ0v) is 11.0. The molecule has 6 nitrogen and oxygen atoms in total. The van der Waals surface area contributed by atoms with Crippen LogP contribution in [0.5, 0.6) is 0 Å². The van der Waals surface area contributed by atoms with E-state index in [1.807, 2.05) is 5.32 Å². The highest BCUT2D eigenvalue weighted by molar-refractivity contribution is 7.92. The number of carbonyl (C=O) groups excluding carboxylic acids is 1. The number of rotatable bonds is 4. The Bertz CT molecular complexity index is 586. The maximum absolute atomic E-state index is 11.8. The van der Waals surface area contributed by atoms with Crippen LogP contribution in [0.4, 0.5) is 29.3 Å². The van der Waals surface area contributed by atoms with Gasteiger partial charge in [0.2, 0.25) is 10.0 Å². The van der Waals surface area contributed by atoms with Crippen LogP contribution in [0.2, 0.25) is 0 Å². The van der Waals surface area contributed by atoms with Crippen molar-refractivity contribution in [1.29, 1.82) is 0 Å². The van der Waals surface area contributed by atoms with Crippen LogP contribution in [0.1, 0.15) is 0 Å². The molecule has 1 aromatic rings. The van der Waals surface area contributed by atoms with Crippen molar-refractivity contribution < 1.29 is 31.1 Å². The number of benzene rings is 1. The quantitative estimate of drug-likeness (QED) is 0.892. The number of halogens is 3. The molecule has 0 saturated carbocycles. The van der Waals surface area contributed by atoms with E-state index in [1.54, 1.807) is 0 Å². The SMILES string of the molecule is CS(=O)(=O)Nc1cccc(NC(=O)OCC(F)(F)F)c1. The molecule has 1 rings (SSSR count). The molecular formula is C10H11F3N2O4S. The number of alkyl halides is 3. The zero-order valence-electron chi connectivity index (χ0n) is 10.2. The van der Waals surface area contributed by atoms with E-state index >= 15 is 0 Å². The minimum atomic E-state index is -4.61. The molecule has 10 heteroatoms. The Kier molecular flexibility index (Phi) is 4.82. The number of amides is 1. The molecule has 0 atom stereocenters. The number of hydrogen-bond acceptors (Lipinski definition) is 4. The van der Waals surface area contributed by atoms with Gasteiger partial charge in [0.25, 0.3) is 0 Å². The van der Waals surface area contributed by atoms with Gasteiger partial charge in [-0.3, -0.25) is 10.0 Å². The topological polar surface area (TPSA) is 84.5 Å². The fraction of sp³-hybridized carbons (Fsp3) is 0.300. The molecule has 0 aliphatic rings. The molecule has 0 aliphatic heterocycles. The first-order valence-corrected chi connectivity index (χ1v) is 7.03. The fourth-order valence-corrected chi connectivity index (χ4v) is 1.73. The van der Waals surface area contributed by atoms with Gasteiger partial charge < -0.3 is 4.74 Å². The first-order chi connectivity index (χ1) is 9.05. The zero-order chi connectivity index (χ0) is 15.4. The van der Waals surface area contributed by atoms with Crippen LogP contribution < -0.4 is 10.0 Å². The predicted molar refractivity (Wildman–Crippen MR) is 65.9 cm³/mol. The molecule has 0 heterocycles. The minimum Gasteiger partial charge on any atom is -0.440 e. The smallest absolute Gasteiger partial charge is 0.422 e. The summed E-state index contributed by atoms with van der Waals surface area (Å²) in [6.45, 7) is -1.71. The average molecular weight is 312 g/mol. The number of carbonyl (C=O) groups is 1. The van der Waals surface area contributed by atoms with Crippen molar-refractivity contribution in [3.63, 3.8) is 0 Å². The van der Waals surface area contributed by atoms with Gasteiger partial charge in [0.1, 0.15) is 0 Å². The van der Waals surface area contributed by atoms with E-state index in [9.17, 15) is 26.4 Å². The molecule has 1 aromatic carbocycles. The highest BCUT2D eigenvalue weighted by Gasteiger charge is 2.29. The summed E-state index contributed by atoms with van der Waals surface area (Å²) in [6, 6.07) is 5.42. The van der Waals surface area contributed by atoms with Crippen LogP contribution in [0.25, 0.3) is 0 Å². The summed E-state index contributed by atoms with van der Waals surface area (Å²) in [4.78, 5) is 11.1. The summed E-state index contributed by atoms with van der Waals surface area (Å²) in [5, 5.41) is 2.04. The summed E-state index contributed by atoms with van der Waals surface area (Å²) in [5.74, 6) is 0. The number of nitrogens with one attached hydrogen (secondary N) is 2. The first-order valence-electron chi connectivity index (χ1n) is 5.13. The van der Waals surface area contributed by atoms with Crippen molar-refractivity contribution in [3.05, 3.63) is 24.3 Å². The molecule has 0 bridgehead atoms. The van der Waals surface area contributed by atoms with Crippen LogP contribution in [-0.2, 0) is 14.8 Å². The molecule has 0 radical (unpaired) electrons. The van der Waals surface area contributed by atoms with Gasteiger partial charge in [0, 0.05) is 5.69 Å². The number of sulfonamides is 1. The highest BCUT2D eigenvalue weighted by Crippen LogP contribution is 2.17. The molecule has 0 spiro atoms. The average Bonchev–Trinajstić information content (AvgIpc) is 2.23. The van der Waals surface area contributed by atoms with Crippen molar-refractivity contribution in [2.75, 3.05) is 22.9 Å². The van der Waals surface area contributed by atoms with E-state index in [4.69, 9.17) is 0 Å². The number of anilines is 2. The second-order valence-corrected chi connectivity index (χ2v) is 5.52. The Morgan fingerprint density at radius 1 is 1.30 bits per heavy atom. The summed E-state index contributed by atoms with van der Waals surface area (Å²) in [7, 11) is -3.49. The standard InChI is InChI=1S/C10H11F3N2O4S/c1-20(17,18)15-8-4-2-3-7(5-8)14-9(16)19-6-10(11,12)13/h2-5,15H,6H2,1H3,(H,14,16). The van der Waals surface area contributed by atoms with Gasteiger partial charge in [-0.05, 0) is 18.2 Å². The molecule has 20 heavy (non-hydrogen) atoms. The molecule has 0 saturated heterocycles. The molecule has 0 aromatic heterocycles. The van der Waals surface area contributed by atoms with E-state index in [0.717, 1.165) is 6.26 Å². The Morgan fingerprint density at radius 2 is 1.90 bits per heavy atom. The fourth-order valence-electron chi connectivity index (χ4n) is 1.18. The third kappa shape index (κ3) is 6.83. The number of ether oxygens (including phenoxy) is 1. The molecule has 0 fully saturated rings. The normalized spacial score (nSPS) is 11.8. The molecule has 112 valence electrons. The second-order valence-electron chi connectivity index (χ2n) is 3.77. The molecule has 1 amide bonds. The lowest BCUT2D eigenvalue weighted by Gasteiger charge is -2.10. The van der Waals surface area contributed by atoms with Crippen molar-refractivity contribution in [2.45, 2.75) is 6.18 Å². The molecule has 2 N–H and O–H groups in total. The van der Waals surface area contributed by atoms with Gasteiger partial charge in [0.05, 0.1) is 11.9 Å². The van der Waals surface area contributed by atoms with Crippen LogP contribution in [0.15, 0.2) is 24.3 Å². The van der Waals surface area contributed by atoms with E-state index < -0.39 is 28.9 Å². The molecule has 0 unspecified atom stereocenters. The Morgan fingerprint density at radius 3 is 2.45 bits per heavy atom. The van der Waals surface area contributed by atoms with Gasteiger partial charge in [0.15, 0.2) is 6.61 Å². The Balaban J connectivity index is 2.64. The lowest BCUT2D eigenvalue weighted by atomic mass is 10.3. The third-order valence-electron chi connectivity index (χ3n) is 1.78. The first kappa shape index (κ1) is 16.1. The largest absolute Gasteiger partial charge is 0.440 e. The van der Waals surface area contributed by atoms with Gasteiger partial charge in [-0.2, -0.15) is 13.2 Å². The van der Waals surface area contributed by atoms with Gasteiger partial charge in [-0.1, -0.05) is 6.07 Å². The van der Waals surface area contributed by atoms with E-state index in [0.29, 0.717) is 0 Å². The summed E-state index contributed by atoms with van der Waals surface area (Å²) >= 11 is 0. The highest BCUT2D eigenvalue weighted by atomic mass is 32.2. The van der Waals surface area contributed by atoms with E-state index in [-0.39, 0.29) is 11.4 Å². The van der Waals surface area contributed by atoms with E-state index in [2.05, 4.69) is 9.46 Å². The van der Waals surface area contributed by atoms with Gasteiger partial charge in [-0.15, -0.1) is 0 Å². The lowest BCUT2D eigenvalue weighted by Crippen LogP contribution is -2.23. The maximum Gasteiger partial charge on any atom is 0.422 e. The van der Waals surface area contributed by atoms with Crippen LogP contribution in [-0.4, -0.2) is 33.5 Å². The predicted octanol–water partition coefficient (Wildman–Crippen LogP) is 2.17.